The number of likely N-dealkylation sites (N-methyl/N-ethyl adjacent to an activating group) is 1. The number of hydrogen-bond donors (Lipinski definition) is 1. The van der Waals surface area contributed by atoms with E-state index >= 15 is 0 Å². The first kappa shape index (κ1) is 16.4. The van der Waals surface area contributed by atoms with Crippen LogP contribution in [0.25, 0.3) is 0 Å². The molecule has 2 rings (SSSR count). The zero-order chi connectivity index (χ0) is 15.3. The van der Waals surface area contributed by atoms with Gasteiger partial charge in [0.2, 0.25) is 0 Å². The predicted molar refractivity (Wildman–Crippen MR) is 83.1 cm³/mol. The Morgan fingerprint density at radius 3 is 2.67 bits per heavy atom. The first-order chi connectivity index (χ1) is 10.1. The summed E-state index contributed by atoms with van der Waals surface area (Å²) < 4.78 is 28.1. The summed E-state index contributed by atoms with van der Waals surface area (Å²) in [5.74, 6) is 0. The van der Waals surface area contributed by atoms with Crippen LogP contribution < -0.4 is 0 Å². The topological polar surface area (TPSA) is 60.9 Å². The Balaban J connectivity index is 2.00. The molecular weight excluding hydrogens is 288 g/mol. The van der Waals surface area contributed by atoms with Gasteiger partial charge < -0.3 is 5.11 Å². The number of piperidine rings is 1. The van der Waals surface area contributed by atoms with Crippen molar-refractivity contribution < 1.29 is 13.5 Å². The lowest BCUT2D eigenvalue weighted by Gasteiger charge is -2.36. The third-order valence-corrected chi connectivity index (χ3v) is 6.08. The second-order valence-electron chi connectivity index (χ2n) is 5.51. The van der Waals surface area contributed by atoms with E-state index < -0.39 is 10.2 Å². The van der Waals surface area contributed by atoms with Gasteiger partial charge in [-0.05, 0) is 24.8 Å². The van der Waals surface area contributed by atoms with E-state index in [-0.39, 0.29) is 12.6 Å². The Morgan fingerprint density at radius 2 is 2.00 bits per heavy atom. The van der Waals surface area contributed by atoms with E-state index in [1.54, 1.807) is 7.05 Å². The first-order valence-electron chi connectivity index (χ1n) is 7.43. The molecule has 0 bridgehead atoms. The first-order valence-corrected chi connectivity index (χ1v) is 8.83. The van der Waals surface area contributed by atoms with Crippen LogP contribution >= 0.6 is 0 Å². The molecule has 0 aromatic heterocycles. The minimum Gasteiger partial charge on any atom is -0.395 e. The lowest BCUT2D eigenvalue weighted by molar-refractivity contribution is 0.149. The summed E-state index contributed by atoms with van der Waals surface area (Å²) >= 11 is 0. The van der Waals surface area contributed by atoms with Crippen molar-refractivity contribution in [2.24, 2.45) is 0 Å². The van der Waals surface area contributed by atoms with Crippen molar-refractivity contribution >= 4 is 10.2 Å². The molecule has 1 saturated heterocycles. The minimum atomic E-state index is -3.49. The molecular formula is C15H24N2O3S. The van der Waals surface area contributed by atoms with Crippen LogP contribution in [-0.2, 0) is 16.6 Å². The summed E-state index contributed by atoms with van der Waals surface area (Å²) in [7, 11) is -1.87. The third-order valence-electron chi connectivity index (χ3n) is 4.03. The third kappa shape index (κ3) is 4.03. The minimum absolute atomic E-state index is 0.105. The van der Waals surface area contributed by atoms with E-state index in [1.165, 1.54) is 8.61 Å². The lowest BCUT2D eigenvalue weighted by Crippen LogP contribution is -2.51. The summed E-state index contributed by atoms with van der Waals surface area (Å²) in [6, 6.07) is 9.58. The molecule has 0 spiro atoms. The van der Waals surface area contributed by atoms with Crippen molar-refractivity contribution in [1.29, 1.82) is 0 Å². The second kappa shape index (κ2) is 7.35. The number of aliphatic hydroxyl groups excluding tert-OH is 1. The highest BCUT2D eigenvalue weighted by atomic mass is 32.2. The molecule has 1 aliphatic rings. The predicted octanol–water partition coefficient (Wildman–Crippen LogP) is 1.25. The smallest absolute Gasteiger partial charge is 0.282 e. The molecule has 118 valence electrons. The van der Waals surface area contributed by atoms with Crippen molar-refractivity contribution in [3.8, 4) is 0 Å². The summed E-state index contributed by atoms with van der Waals surface area (Å²) in [6.45, 7) is 0.843. The van der Waals surface area contributed by atoms with Gasteiger partial charge >= 0.3 is 0 Å². The molecule has 1 aromatic carbocycles. The molecule has 1 N–H and O–H groups in total. The molecule has 1 unspecified atom stereocenters. The van der Waals surface area contributed by atoms with Gasteiger partial charge in [-0.25, -0.2) is 0 Å². The molecule has 5 nitrogen and oxygen atoms in total. The van der Waals surface area contributed by atoms with Gasteiger partial charge in [-0.3, -0.25) is 0 Å². The maximum Gasteiger partial charge on any atom is 0.282 e. The van der Waals surface area contributed by atoms with Gasteiger partial charge in [0, 0.05) is 26.2 Å². The average Bonchev–Trinajstić information content (AvgIpc) is 2.53. The highest BCUT2D eigenvalue weighted by Crippen LogP contribution is 2.21. The quantitative estimate of drug-likeness (QED) is 0.860. The number of hydrogen-bond acceptors (Lipinski definition) is 3. The maximum absolute atomic E-state index is 12.6. The van der Waals surface area contributed by atoms with E-state index in [2.05, 4.69) is 0 Å². The van der Waals surface area contributed by atoms with Gasteiger partial charge in [-0.1, -0.05) is 36.8 Å². The van der Waals surface area contributed by atoms with E-state index in [1.807, 2.05) is 30.3 Å². The Kier molecular flexibility index (Phi) is 5.75. The normalized spacial score (nSPS) is 20.8. The van der Waals surface area contributed by atoms with Crippen molar-refractivity contribution in [3.63, 3.8) is 0 Å². The number of rotatable bonds is 6. The zero-order valence-corrected chi connectivity index (χ0v) is 13.3. The molecule has 0 aliphatic carbocycles. The summed E-state index contributed by atoms with van der Waals surface area (Å²) in [4.78, 5) is 0. The van der Waals surface area contributed by atoms with E-state index in [9.17, 15) is 13.5 Å². The zero-order valence-electron chi connectivity index (χ0n) is 12.5. The summed E-state index contributed by atoms with van der Waals surface area (Å²) in [6.07, 6.45) is 3.27. The lowest BCUT2D eigenvalue weighted by atomic mass is 10.1. The van der Waals surface area contributed by atoms with Gasteiger partial charge in [-0.15, -0.1) is 0 Å². The fourth-order valence-corrected chi connectivity index (χ4v) is 4.27. The molecule has 6 heteroatoms. The van der Waals surface area contributed by atoms with Crippen LogP contribution in [0.15, 0.2) is 30.3 Å². The highest BCUT2D eigenvalue weighted by Gasteiger charge is 2.34. The van der Waals surface area contributed by atoms with Crippen molar-refractivity contribution in [2.45, 2.75) is 31.7 Å². The fraction of sp³-hybridized carbons (Fsp3) is 0.600. The summed E-state index contributed by atoms with van der Waals surface area (Å²) in [5, 5.41) is 9.39. The number of benzene rings is 1. The van der Waals surface area contributed by atoms with E-state index in [0.717, 1.165) is 24.8 Å². The van der Waals surface area contributed by atoms with Crippen LogP contribution in [0.5, 0.6) is 0 Å². The number of nitrogens with zero attached hydrogens (tertiary/aromatic N) is 2. The molecule has 0 radical (unpaired) electrons. The Bertz CT molecular complexity index is 533. The van der Waals surface area contributed by atoms with Crippen LogP contribution in [0.1, 0.15) is 24.8 Å². The van der Waals surface area contributed by atoms with Gasteiger partial charge in [0.05, 0.1) is 6.61 Å². The molecule has 0 saturated carbocycles. The maximum atomic E-state index is 12.6. The van der Waals surface area contributed by atoms with Gasteiger partial charge in [0.25, 0.3) is 10.2 Å². The van der Waals surface area contributed by atoms with E-state index in [4.69, 9.17) is 0 Å². The average molecular weight is 312 g/mol. The van der Waals surface area contributed by atoms with Gasteiger partial charge in [0.1, 0.15) is 0 Å². The molecule has 1 heterocycles. The largest absolute Gasteiger partial charge is 0.395 e. The monoisotopic (exact) mass is 312 g/mol. The number of aliphatic hydroxyl groups is 1. The van der Waals surface area contributed by atoms with Crippen molar-refractivity contribution in [1.82, 2.24) is 8.61 Å². The molecule has 1 aromatic rings. The Hall–Kier alpha value is -0.950. The van der Waals surface area contributed by atoms with Gasteiger partial charge in [-0.2, -0.15) is 17.0 Å². The molecule has 21 heavy (non-hydrogen) atoms. The second-order valence-corrected chi connectivity index (χ2v) is 7.50. The molecule has 1 atom stereocenters. The van der Waals surface area contributed by atoms with Gasteiger partial charge in [0.15, 0.2) is 0 Å². The SMILES string of the molecule is CN(CCc1ccccc1)S(=O)(=O)N1CCCCC1CO. The van der Waals surface area contributed by atoms with Crippen molar-refractivity contribution in [3.05, 3.63) is 35.9 Å². The van der Waals surface area contributed by atoms with Crippen LogP contribution in [0.2, 0.25) is 0 Å². The van der Waals surface area contributed by atoms with E-state index in [0.29, 0.717) is 19.5 Å². The standard InChI is InChI=1S/C15H24N2O3S/c1-16(12-10-14-7-3-2-4-8-14)21(19,20)17-11-6-5-9-15(17)13-18/h2-4,7-8,15,18H,5-6,9-13H2,1H3. The van der Waals surface area contributed by atoms with Crippen LogP contribution in [0.4, 0.5) is 0 Å². The van der Waals surface area contributed by atoms with Crippen LogP contribution in [0.3, 0.4) is 0 Å². The van der Waals surface area contributed by atoms with Crippen molar-refractivity contribution in [2.75, 3.05) is 26.7 Å². The molecule has 1 aliphatic heterocycles. The van der Waals surface area contributed by atoms with Crippen LogP contribution in [-0.4, -0.2) is 54.9 Å². The Labute approximate surface area is 127 Å². The van der Waals surface area contributed by atoms with Crippen LogP contribution in [0, 0.1) is 0 Å². The fourth-order valence-electron chi connectivity index (χ4n) is 2.69. The Morgan fingerprint density at radius 1 is 1.29 bits per heavy atom. The summed E-state index contributed by atoms with van der Waals surface area (Å²) in [5.41, 5.74) is 1.12. The molecule has 1 fully saturated rings. The highest BCUT2D eigenvalue weighted by molar-refractivity contribution is 7.86. The molecule has 0 amide bonds.